The van der Waals surface area contributed by atoms with Crippen molar-refractivity contribution < 1.29 is 0 Å². The zero-order valence-corrected chi connectivity index (χ0v) is 9.38. The Hall–Kier alpha value is -0.830. The van der Waals surface area contributed by atoms with Crippen molar-refractivity contribution in [1.29, 1.82) is 0 Å². The van der Waals surface area contributed by atoms with E-state index in [1.807, 2.05) is 19.4 Å². The molecule has 0 radical (unpaired) electrons. The molecule has 80 valence electrons. The van der Waals surface area contributed by atoms with Gasteiger partial charge in [0.1, 0.15) is 5.82 Å². The van der Waals surface area contributed by atoms with Gasteiger partial charge in [-0.25, -0.2) is 4.98 Å². The summed E-state index contributed by atoms with van der Waals surface area (Å²) in [6.07, 6.45) is 7.14. The lowest BCUT2D eigenvalue weighted by Gasteiger charge is -2.23. The van der Waals surface area contributed by atoms with Crippen LogP contribution in [0.5, 0.6) is 0 Å². The molecule has 1 rings (SSSR count). The van der Waals surface area contributed by atoms with Gasteiger partial charge in [-0.15, -0.1) is 0 Å². The maximum atomic E-state index is 4.26. The topological polar surface area (TPSA) is 40.7 Å². The number of rotatable bonds is 6. The Morgan fingerprint density at radius 3 is 2.57 bits per heavy atom. The first-order chi connectivity index (χ1) is 6.81. The lowest BCUT2D eigenvalue weighted by atomic mass is 9.92. The van der Waals surface area contributed by atoms with E-state index in [-0.39, 0.29) is 0 Å². The van der Waals surface area contributed by atoms with Gasteiger partial charge in [0.05, 0.1) is 0 Å². The number of aromatic amines is 1. The zero-order chi connectivity index (χ0) is 10.4. The summed E-state index contributed by atoms with van der Waals surface area (Å²) in [4.78, 5) is 7.41. The van der Waals surface area contributed by atoms with Crippen molar-refractivity contribution in [1.82, 2.24) is 15.3 Å². The molecule has 0 bridgehead atoms. The summed E-state index contributed by atoms with van der Waals surface area (Å²) in [6.45, 7) is 4.50. The van der Waals surface area contributed by atoms with Crippen LogP contribution < -0.4 is 5.32 Å². The summed E-state index contributed by atoms with van der Waals surface area (Å²) >= 11 is 0. The fourth-order valence-electron chi connectivity index (χ4n) is 1.98. The molecule has 1 aromatic heterocycles. The second kappa shape index (κ2) is 5.81. The third kappa shape index (κ3) is 2.84. The first-order valence-corrected chi connectivity index (χ1v) is 5.47. The van der Waals surface area contributed by atoms with Gasteiger partial charge in [-0.2, -0.15) is 0 Å². The Morgan fingerprint density at radius 2 is 2.14 bits per heavy atom. The first-order valence-electron chi connectivity index (χ1n) is 5.47. The van der Waals surface area contributed by atoms with E-state index in [1.54, 1.807) is 0 Å². The summed E-state index contributed by atoms with van der Waals surface area (Å²) in [7, 11) is 2.03. The highest BCUT2D eigenvalue weighted by molar-refractivity contribution is 4.92. The Labute approximate surface area is 86.3 Å². The van der Waals surface area contributed by atoms with Gasteiger partial charge in [-0.3, -0.25) is 0 Å². The highest BCUT2D eigenvalue weighted by Gasteiger charge is 2.17. The number of imidazole rings is 1. The second-order valence-corrected chi connectivity index (χ2v) is 3.71. The van der Waals surface area contributed by atoms with Crippen LogP contribution in [0.2, 0.25) is 0 Å². The summed E-state index contributed by atoms with van der Waals surface area (Å²) in [5, 5.41) is 3.38. The predicted octanol–water partition coefficient (Wildman–Crippen LogP) is 1.98. The number of hydrogen-bond acceptors (Lipinski definition) is 2. The summed E-state index contributed by atoms with van der Waals surface area (Å²) in [5.74, 6) is 1.82. The number of nitrogens with one attached hydrogen (secondary N) is 2. The van der Waals surface area contributed by atoms with Gasteiger partial charge < -0.3 is 10.3 Å². The van der Waals surface area contributed by atoms with E-state index in [0.717, 1.165) is 18.2 Å². The number of aromatic nitrogens is 2. The molecule has 3 nitrogen and oxygen atoms in total. The van der Waals surface area contributed by atoms with Gasteiger partial charge in [0.2, 0.25) is 0 Å². The molecule has 0 saturated carbocycles. The van der Waals surface area contributed by atoms with E-state index in [9.17, 15) is 0 Å². The molecule has 2 N–H and O–H groups in total. The van der Waals surface area contributed by atoms with Gasteiger partial charge in [0.15, 0.2) is 0 Å². The molecular weight excluding hydrogens is 174 g/mol. The van der Waals surface area contributed by atoms with Crippen molar-refractivity contribution in [2.24, 2.45) is 5.92 Å². The van der Waals surface area contributed by atoms with Gasteiger partial charge >= 0.3 is 0 Å². The van der Waals surface area contributed by atoms with Crippen molar-refractivity contribution in [2.75, 3.05) is 7.05 Å². The fraction of sp³-hybridized carbons (Fsp3) is 0.727. The molecule has 0 aliphatic rings. The van der Waals surface area contributed by atoms with E-state index >= 15 is 0 Å². The SMILES string of the molecule is CCC(CC)C(Cc1ncc[nH]1)NC. The number of H-pyrrole nitrogens is 1. The van der Waals surface area contributed by atoms with Crippen molar-refractivity contribution >= 4 is 0 Å². The highest BCUT2D eigenvalue weighted by Crippen LogP contribution is 2.15. The number of likely N-dealkylation sites (N-methyl/N-ethyl adjacent to an activating group) is 1. The van der Waals surface area contributed by atoms with Crippen LogP contribution in [-0.4, -0.2) is 23.1 Å². The minimum Gasteiger partial charge on any atom is -0.349 e. The fourth-order valence-corrected chi connectivity index (χ4v) is 1.98. The van der Waals surface area contributed by atoms with Crippen LogP contribution in [-0.2, 0) is 6.42 Å². The lowest BCUT2D eigenvalue weighted by molar-refractivity contribution is 0.345. The first kappa shape index (κ1) is 11.2. The maximum Gasteiger partial charge on any atom is 0.107 e. The standard InChI is InChI=1S/C11H21N3/c1-4-9(5-2)10(12-3)8-11-13-6-7-14-11/h6-7,9-10,12H,4-5,8H2,1-3H3,(H,13,14). The Balaban J connectivity index is 2.53. The van der Waals surface area contributed by atoms with Crippen molar-refractivity contribution in [3.63, 3.8) is 0 Å². The highest BCUT2D eigenvalue weighted by atomic mass is 14.9. The van der Waals surface area contributed by atoms with E-state index in [0.29, 0.717) is 6.04 Å². The Kier molecular flexibility index (Phi) is 4.66. The van der Waals surface area contributed by atoms with Gasteiger partial charge in [-0.05, 0) is 13.0 Å². The van der Waals surface area contributed by atoms with E-state index < -0.39 is 0 Å². The molecule has 0 aromatic carbocycles. The van der Waals surface area contributed by atoms with Crippen molar-refractivity contribution in [3.8, 4) is 0 Å². The largest absolute Gasteiger partial charge is 0.349 e. The van der Waals surface area contributed by atoms with Gasteiger partial charge in [0.25, 0.3) is 0 Å². The number of nitrogens with zero attached hydrogens (tertiary/aromatic N) is 1. The molecule has 0 fully saturated rings. The average Bonchev–Trinajstić information content (AvgIpc) is 2.70. The van der Waals surface area contributed by atoms with Crippen LogP contribution in [0.3, 0.4) is 0 Å². The quantitative estimate of drug-likeness (QED) is 0.728. The third-order valence-corrected chi connectivity index (χ3v) is 2.96. The number of hydrogen-bond donors (Lipinski definition) is 2. The van der Waals surface area contributed by atoms with Crippen LogP contribution in [0.25, 0.3) is 0 Å². The molecule has 1 unspecified atom stereocenters. The predicted molar refractivity (Wildman–Crippen MR) is 59.2 cm³/mol. The van der Waals surface area contributed by atoms with Crippen molar-refractivity contribution in [2.45, 2.75) is 39.2 Å². The molecule has 0 spiro atoms. The summed E-state index contributed by atoms with van der Waals surface area (Å²) < 4.78 is 0. The van der Waals surface area contributed by atoms with Crippen LogP contribution in [0.4, 0.5) is 0 Å². The van der Waals surface area contributed by atoms with E-state index in [2.05, 4.69) is 29.1 Å². The summed E-state index contributed by atoms with van der Waals surface area (Å²) in [6, 6.07) is 0.538. The second-order valence-electron chi connectivity index (χ2n) is 3.71. The molecule has 0 aliphatic heterocycles. The summed E-state index contributed by atoms with van der Waals surface area (Å²) in [5.41, 5.74) is 0. The molecule has 14 heavy (non-hydrogen) atoms. The van der Waals surface area contributed by atoms with Crippen LogP contribution in [0.1, 0.15) is 32.5 Å². The Morgan fingerprint density at radius 1 is 1.43 bits per heavy atom. The van der Waals surface area contributed by atoms with E-state index in [1.165, 1.54) is 12.8 Å². The van der Waals surface area contributed by atoms with Crippen molar-refractivity contribution in [3.05, 3.63) is 18.2 Å². The molecule has 1 aromatic rings. The third-order valence-electron chi connectivity index (χ3n) is 2.96. The minimum absolute atomic E-state index is 0.538. The zero-order valence-electron chi connectivity index (χ0n) is 9.38. The molecule has 3 heteroatoms. The van der Waals surface area contributed by atoms with E-state index in [4.69, 9.17) is 0 Å². The lowest BCUT2D eigenvalue weighted by Crippen LogP contribution is -2.35. The average molecular weight is 195 g/mol. The molecule has 0 aliphatic carbocycles. The monoisotopic (exact) mass is 195 g/mol. The normalized spacial score (nSPS) is 13.4. The smallest absolute Gasteiger partial charge is 0.107 e. The molecule has 1 atom stereocenters. The van der Waals surface area contributed by atoms with Crippen LogP contribution >= 0.6 is 0 Å². The van der Waals surface area contributed by atoms with Gasteiger partial charge in [0, 0.05) is 24.9 Å². The molecule has 0 saturated heterocycles. The van der Waals surface area contributed by atoms with Crippen LogP contribution in [0, 0.1) is 5.92 Å². The molecule has 1 heterocycles. The maximum absolute atomic E-state index is 4.26. The van der Waals surface area contributed by atoms with Crippen LogP contribution in [0.15, 0.2) is 12.4 Å². The molecule has 0 amide bonds. The minimum atomic E-state index is 0.538. The Bertz CT molecular complexity index is 227. The van der Waals surface area contributed by atoms with Gasteiger partial charge in [-0.1, -0.05) is 26.7 Å². The molecular formula is C11H21N3.